The molecule has 2 aromatic rings. The second-order valence-electron chi connectivity index (χ2n) is 7.77. The molecule has 1 aromatic carbocycles. The van der Waals surface area contributed by atoms with E-state index in [1.54, 1.807) is 18.2 Å². The molecule has 9 nitrogen and oxygen atoms in total. The number of methoxy groups -OCH3 is 1. The third-order valence-electron chi connectivity index (χ3n) is 5.76. The first kappa shape index (κ1) is 22.1. The molecule has 2 aliphatic rings. The summed E-state index contributed by atoms with van der Waals surface area (Å²) in [6, 6.07) is 8.21. The summed E-state index contributed by atoms with van der Waals surface area (Å²) in [7, 11) is 1.42. The minimum absolute atomic E-state index is 0.0879. The summed E-state index contributed by atoms with van der Waals surface area (Å²) in [6.45, 7) is -0.140. The minimum Gasteiger partial charge on any atom is -0.486 e. The Morgan fingerprint density at radius 3 is 2.78 bits per heavy atom. The van der Waals surface area contributed by atoms with Crippen molar-refractivity contribution in [2.24, 2.45) is 0 Å². The predicted molar refractivity (Wildman–Crippen MR) is 113 cm³/mol. The molecule has 9 heteroatoms. The lowest BCUT2D eigenvalue weighted by Crippen LogP contribution is -2.56. The first-order chi connectivity index (χ1) is 15.5. The van der Waals surface area contributed by atoms with E-state index in [0.717, 1.165) is 11.1 Å². The summed E-state index contributed by atoms with van der Waals surface area (Å²) in [5.41, 5.74) is 1.91. The number of nitrogens with one attached hydrogen (secondary N) is 1. The number of ether oxygens (including phenoxy) is 2. The SMILES string of the molecule is COCC(=O)N(Cc1ccoc1)C1C=C(C(=O)NCCO)C2c3ccccc3OC2C1O. The Hall–Kier alpha value is -3.14. The fourth-order valence-electron chi connectivity index (χ4n) is 4.34. The maximum atomic E-state index is 13.0. The molecule has 0 fully saturated rings. The molecule has 0 saturated heterocycles. The van der Waals surface area contributed by atoms with Crippen LogP contribution in [0.2, 0.25) is 0 Å². The third-order valence-corrected chi connectivity index (χ3v) is 5.76. The summed E-state index contributed by atoms with van der Waals surface area (Å²) >= 11 is 0. The van der Waals surface area contributed by atoms with E-state index >= 15 is 0 Å². The van der Waals surface area contributed by atoms with Crippen LogP contribution in [0.15, 0.2) is 58.9 Å². The van der Waals surface area contributed by atoms with E-state index in [0.29, 0.717) is 11.3 Å². The van der Waals surface area contributed by atoms with Crippen LogP contribution in [0.25, 0.3) is 0 Å². The zero-order valence-corrected chi connectivity index (χ0v) is 17.6. The molecular weight excluding hydrogens is 416 g/mol. The number of carbonyl (C=O) groups is 2. The molecule has 2 heterocycles. The summed E-state index contributed by atoms with van der Waals surface area (Å²) in [6.07, 6.45) is 2.81. The Morgan fingerprint density at radius 2 is 2.06 bits per heavy atom. The molecule has 1 aliphatic carbocycles. The monoisotopic (exact) mass is 442 g/mol. The molecule has 4 unspecified atom stereocenters. The van der Waals surface area contributed by atoms with E-state index in [1.807, 2.05) is 18.2 Å². The number of aliphatic hydroxyl groups is 2. The number of furan rings is 1. The topological polar surface area (TPSA) is 121 Å². The van der Waals surface area contributed by atoms with E-state index in [9.17, 15) is 14.7 Å². The van der Waals surface area contributed by atoms with Gasteiger partial charge in [0, 0.05) is 36.9 Å². The molecule has 0 spiro atoms. The normalized spacial score (nSPS) is 23.5. The summed E-state index contributed by atoms with van der Waals surface area (Å²) in [4.78, 5) is 27.4. The maximum absolute atomic E-state index is 13.0. The van der Waals surface area contributed by atoms with Gasteiger partial charge in [0.25, 0.3) is 0 Å². The quantitative estimate of drug-likeness (QED) is 0.547. The second-order valence-corrected chi connectivity index (χ2v) is 7.77. The van der Waals surface area contributed by atoms with Crippen molar-refractivity contribution < 1.29 is 33.7 Å². The number of aliphatic hydroxyl groups excluding tert-OH is 2. The summed E-state index contributed by atoms with van der Waals surface area (Å²) in [5, 5.41) is 23.1. The van der Waals surface area contributed by atoms with E-state index in [4.69, 9.17) is 19.0 Å². The zero-order chi connectivity index (χ0) is 22.7. The average Bonchev–Trinajstić information content (AvgIpc) is 3.45. The van der Waals surface area contributed by atoms with Crippen molar-refractivity contribution in [3.8, 4) is 5.75 Å². The number of rotatable bonds is 8. The van der Waals surface area contributed by atoms with Crippen LogP contribution in [-0.2, 0) is 20.9 Å². The molecule has 32 heavy (non-hydrogen) atoms. The van der Waals surface area contributed by atoms with Crippen molar-refractivity contribution in [1.82, 2.24) is 10.2 Å². The van der Waals surface area contributed by atoms with Gasteiger partial charge in [0.15, 0.2) is 0 Å². The van der Waals surface area contributed by atoms with Crippen LogP contribution in [0.3, 0.4) is 0 Å². The van der Waals surface area contributed by atoms with Crippen molar-refractivity contribution in [2.45, 2.75) is 30.7 Å². The van der Waals surface area contributed by atoms with Gasteiger partial charge in [-0.1, -0.05) is 18.2 Å². The first-order valence-corrected chi connectivity index (χ1v) is 10.4. The molecule has 2 amide bonds. The average molecular weight is 442 g/mol. The number of benzene rings is 1. The van der Waals surface area contributed by atoms with E-state index < -0.39 is 24.2 Å². The Bertz CT molecular complexity index is 988. The molecule has 1 aromatic heterocycles. The standard InChI is InChI=1S/C23H26N2O7/c1-30-13-19(27)25(11-14-6-9-31-12-14)17-10-16(23(29)24-7-8-26)20-15-4-2-3-5-18(15)32-22(20)21(17)28/h2-6,9-10,12,17,20-22,26,28H,7-8,11,13H2,1H3,(H,24,29). The van der Waals surface area contributed by atoms with Crippen LogP contribution in [0.5, 0.6) is 5.75 Å². The fourth-order valence-corrected chi connectivity index (χ4v) is 4.34. The Kier molecular flexibility index (Phi) is 6.59. The molecule has 4 atom stereocenters. The van der Waals surface area contributed by atoms with Crippen molar-refractivity contribution in [1.29, 1.82) is 0 Å². The molecule has 4 rings (SSSR count). The van der Waals surface area contributed by atoms with Gasteiger partial charge in [-0.05, 0) is 18.2 Å². The van der Waals surface area contributed by atoms with Crippen LogP contribution >= 0.6 is 0 Å². The van der Waals surface area contributed by atoms with Crippen LogP contribution in [-0.4, -0.2) is 72.0 Å². The summed E-state index contributed by atoms with van der Waals surface area (Å²) < 4.78 is 16.2. The fraction of sp³-hybridized carbons (Fsp3) is 0.391. The highest BCUT2D eigenvalue weighted by Gasteiger charge is 2.50. The minimum atomic E-state index is -1.09. The van der Waals surface area contributed by atoms with Gasteiger partial charge in [0.2, 0.25) is 11.8 Å². The Balaban J connectivity index is 1.74. The van der Waals surface area contributed by atoms with Gasteiger partial charge >= 0.3 is 0 Å². The van der Waals surface area contributed by atoms with Crippen LogP contribution < -0.4 is 10.1 Å². The van der Waals surface area contributed by atoms with E-state index in [2.05, 4.69) is 5.32 Å². The van der Waals surface area contributed by atoms with Gasteiger partial charge in [0.05, 0.1) is 31.1 Å². The lowest BCUT2D eigenvalue weighted by molar-refractivity contribution is -0.141. The van der Waals surface area contributed by atoms with Crippen molar-refractivity contribution >= 4 is 11.8 Å². The highest BCUT2D eigenvalue weighted by molar-refractivity contribution is 5.96. The Labute approximate surface area is 185 Å². The summed E-state index contributed by atoms with van der Waals surface area (Å²) in [5.74, 6) is -0.635. The van der Waals surface area contributed by atoms with E-state index in [-0.39, 0.29) is 38.1 Å². The maximum Gasteiger partial charge on any atom is 0.249 e. The van der Waals surface area contributed by atoms with Crippen LogP contribution in [0.1, 0.15) is 17.0 Å². The number of amides is 2. The van der Waals surface area contributed by atoms with E-state index in [1.165, 1.54) is 24.5 Å². The van der Waals surface area contributed by atoms with Crippen molar-refractivity contribution in [3.05, 3.63) is 65.6 Å². The highest BCUT2D eigenvalue weighted by atomic mass is 16.5. The van der Waals surface area contributed by atoms with Gasteiger partial charge in [-0.3, -0.25) is 9.59 Å². The highest BCUT2D eigenvalue weighted by Crippen LogP contribution is 2.47. The number of fused-ring (bicyclic) bond motifs is 3. The van der Waals surface area contributed by atoms with Gasteiger partial charge in [-0.25, -0.2) is 0 Å². The van der Waals surface area contributed by atoms with Crippen LogP contribution in [0, 0.1) is 0 Å². The van der Waals surface area contributed by atoms with Crippen molar-refractivity contribution in [3.63, 3.8) is 0 Å². The largest absolute Gasteiger partial charge is 0.486 e. The molecule has 1 aliphatic heterocycles. The first-order valence-electron chi connectivity index (χ1n) is 10.4. The number of para-hydroxylation sites is 1. The molecule has 0 radical (unpaired) electrons. The van der Waals surface area contributed by atoms with Gasteiger partial charge in [0.1, 0.15) is 24.6 Å². The number of nitrogens with zero attached hydrogens (tertiary/aromatic N) is 1. The van der Waals surface area contributed by atoms with Gasteiger partial charge < -0.3 is 34.3 Å². The molecule has 170 valence electrons. The molecule has 3 N–H and O–H groups in total. The lowest BCUT2D eigenvalue weighted by atomic mass is 9.77. The smallest absolute Gasteiger partial charge is 0.249 e. The predicted octanol–water partition coefficient (Wildman–Crippen LogP) is 0.577. The molecule has 0 bridgehead atoms. The number of hydrogen-bond acceptors (Lipinski definition) is 7. The third kappa shape index (κ3) is 4.14. The number of hydrogen-bond donors (Lipinski definition) is 3. The Morgan fingerprint density at radius 1 is 1.25 bits per heavy atom. The second kappa shape index (κ2) is 9.56. The van der Waals surface area contributed by atoms with Gasteiger partial charge in [-0.2, -0.15) is 0 Å². The lowest BCUT2D eigenvalue weighted by Gasteiger charge is -2.40. The van der Waals surface area contributed by atoms with Crippen molar-refractivity contribution in [2.75, 3.05) is 26.9 Å². The molecule has 0 saturated carbocycles. The van der Waals surface area contributed by atoms with Gasteiger partial charge in [-0.15, -0.1) is 0 Å². The number of carbonyl (C=O) groups excluding carboxylic acids is 2. The molecular formula is C23H26N2O7. The van der Waals surface area contributed by atoms with Crippen LogP contribution in [0.4, 0.5) is 0 Å². The zero-order valence-electron chi connectivity index (χ0n) is 17.6.